The van der Waals surface area contributed by atoms with E-state index in [1.165, 1.54) is 0 Å². The van der Waals surface area contributed by atoms with E-state index in [1.54, 1.807) is 0 Å². The van der Waals surface area contributed by atoms with Crippen LogP contribution in [0.25, 0.3) is 0 Å². The third-order valence-electron chi connectivity index (χ3n) is 0.511. The Morgan fingerprint density at radius 3 is 2.11 bits per heavy atom. The second kappa shape index (κ2) is 2.71. The van der Waals surface area contributed by atoms with Gasteiger partial charge < -0.3 is 5.11 Å². The summed E-state index contributed by atoms with van der Waals surface area (Å²) in [5, 5.41) is 18.8. The predicted octanol–water partition coefficient (Wildman–Crippen LogP) is -0.846. The van der Waals surface area contributed by atoms with E-state index in [4.69, 9.17) is 5.11 Å². The van der Waals surface area contributed by atoms with Crippen molar-refractivity contribution in [3.8, 4) is 0 Å². The average molecular weight is 138 g/mol. The summed E-state index contributed by atoms with van der Waals surface area (Å²) in [7, 11) is 0. The largest absolute Gasteiger partial charge is 0.477 e. The lowest BCUT2D eigenvalue weighted by Crippen LogP contribution is -2.31. The first-order valence-corrected chi connectivity index (χ1v) is 1.85. The first kappa shape index (κ1) is 6.39. The van der Waals surface area contributed by atoms with Crippen molar-refractivity contribution in [3.05, 3.63) is 0 Å². The van der Waals surface area contributed by atoms with Crippen LogP contribution in [0, 0.1) is 0 Å². The molecule has 0 bridgehead atoms. The lowest BCUT2D eigenvalue weighted by atomic mass is 10.7. The molecule has 0 atom stereocenters. The fourth-order valence-corrected chi connectivity index (χ4v) is 0.213. The fourth-order valence-electron chi connectivity index (χ4n) is 0.213. The van der Waals surface area contributed by atoms with Gasteiger partial charge in [0.25, 0.3) is 0 Å². The van der Waals surface area contributed by atoms with Crippen molar-refractivity contribution in [3.63, 3.8) is 0 Å². The highest BCUT2D eigenvalue weighted by Gasteiger charge is 2.26. The molecule has 7 nitrogen and oxygen atoms in total. The van der Waals surface area contributed by atoms with E-state index in [2.05, 4.69) is 24.9 Å². The van der Waals surface area contributed by atoms with Gasteiger partial charge in [-0.05, 0) is 15.1 Å². The molecule has 0 unspecified atom stereocenters. The van der Waals surface area contributed by atoms with Crippen LogP contribution in [0.5, 0.6) is 0 Å². The first-order valence-electron chi connectivity index (χ1n) is 1.85. The fraction of sp³-hybridized carbons (Fsp3) is 0.500. The van der Waals surface area contributed by atoms with E-state index in [0.29, 0.717) is 0 Å². The molecule has 1 saturated heterocycles. The zero-order chi connectivity index (χ0) is 6.69. The molecule has 1 heterocycles. The van der Waals surface area contributed by atoms with Crippen LogP contribution in [0.4, 0.5) is 0 Å². The van der Waals surface area contributed by atoms with Gasteiger partial charge in [0, 0.05) is 0 Å². The van der Waals surface area contributed by atoms with Crippen LogP contribution in [0.1, 0.15) is 0 Å². The molecule has 0 amide bonds. The molecule has 7 heteroatoms. The smallest absolute Gasteiger partial charge is 0.367 e. The summed E-state index contributed by atoms with van der Waals surface area (Å²) < 4.78 is 0. The quantitative estimate of drug-likeness (QED) is 0.472. The Morgan fingerprint density at radius 2 is 1.78 bits per heavy atom. The average Bonchev–Trinajstić information content (AvgIpc) is 1.90. The number of carboxylic acid groups (broad SMARTS) is 1. The molecule has 1 aliphatic heterocycles. The van der Waals surface area contributed by atoms with Gasteiger partial charge in [-0.2, -0.15) is 9.78 Å². The molecule has 1 N–H and O–H groups in total. The van der Waals surface area contributed by atoms with Crippen molar-refractivity contribution in [1.29, 1.82) is 0 Å². The van der Waals surface area contributed by atoms with Gasteiger partial charge in [-0.25, -0.2) is 4.79 Å². The Bertz CT molecular complexity index is 103. The second-order valence-corrected chi connectivity index (χ2v) is 1.07. The van der Waals surface area contributed by atoms with Crippen LogP contribution in [0.15, 0.2) is 0 Å². The van der Waals surface area contributed by atoms with Crippen LogP contribution in [-0.4, -0.2) is 17.4 Å². The third-order valence-corrected chi connectivity index (χ3v) is 0.511. The Hall–Kier alpha value is -0.730. The summed E-state index contributed by atoms with van der Waals surface area (Å²) in [6, 6.07) is 0. The summed E-state index contributed by atoms with van der Waals surface area (Å²) in [6.07, 6.45) is -1.60. The van der Waals surface area contributed by atoms with Gasteiger partial charge in [-0.1, -0.05) is 0 Å². The zero-order valence-electron chi connectivity index (χ0n) is 3.97. The highest BCUT2D eigenvalue weighted by molar-refractivity contribution is 5.70. The number of hydrogen-bond acceptors (Lipinski definition) is 6. The van der Waals surface area contributed by atoms with Crippen LogP contribution >= 0.6 is 0 Å². The van der Waals surface area contributed by atoms with E-state index < -0.39 is 12.3 Å². The summed E-state index contributed by atoms with van der Waals surface area (Å²) in [4.78, 5) is 17.6. The maximum absolute atomic E-state index is 9.89. The SMILES string of the molecule is O=C(O)C1OOOOO1. The highest BCUT2D eigenvalue weighted by atomic mass is 17.8. The lowest BCUT2D eigenvalue weighted by Gasteiger charge is -2.12. The van der Waals surface area contributed by atoms with E-state index in [9.17, 15) is 4.79 Å². The molecule has 1 aliphatic rings. The molecule has 1 rings (SSSR count). The molecule has 0 aliphatic carbocycles. The Balaban J connectivity index is 2.31. The van der Waals surface area contributed by atoms with E-state index >= 15 is 0 Å². The Morgan fingerprint density at radius 1 is 1.22 bits per heavy atom. The molecule has 1 fully saturated rings. The van der Waals surface area contributed by atoms with Gasteiger partial charge >= 0.3 is 12.3 Å². The number of rotatable bonds is 1. The van der Waals surface area contributed by atoms with E-state index in [1.807, 2.05) is 0 Å². The van der Waals surface area contributed by atoms with Gasteiger partial charge in [0.1, 0.15) is 0 Å². The number of hydrogen-bond donors (Lipinski definition) is 1. The summed E-state index contributed by atoms with van der Waals surface area (Å²) in [6.45, 7) is 0. The molecule has 0 aromatic rings. The van der Waals surface area contributed by atoms with Crippen molar-refractivity contribution in [2.75, 3.05) is 0 Å². The lowest BCUT2D eigenvalue weighted by molar-refractivity contribution is -0.780. The van der Waals surface area contributed by atoms with Crippen molar-refractivity contribution in [1.82, 2.24) is 0 Å². The molecule has 0 aromatic carbocycles. The standard InChI is InChI=1S/C2H2O7/c3-1(4)2-5-7-9-8-6-2/h2H,(H,3,4). The molecule has 0 spiro atoms. The maximum Gasteiger partial charge on any atom is 0.367 e. The van der Waals surface area contributed by atoms with Gasteiger partial charge in [0.05, 0.1) is 0 Å². The van der Waals surface area contributed by atoms with Crippen LogP contribution < -0.4 is 0 Å². The van der Waals surface area contributed by atoms with Crippen molar-refractivity contribution >= 4 is 5.97 Å². The minimum atomic E-state index is -1.60. The molecule has 0 saturated carbocycles. The molecule has 0 radical (unpaired) electrons. The number of carboxylic acids is 1. The van der Waals surface area contributed by atoms with Crippen molar-refractivity contribution < 1.29 is 34.8 Å². The van der Waals surface area contributed by atoms with E-state index in [-0.39, 0.29) is 0 Å². The minimum Gasteiger partial charge on any atom is -0.477 e. The topological polar surface area (TPSA) is 83.5 Å². The minimum absolute atomic E-state index is 1.38. The Kier molecular flexibility index (Phi) is 1.92. The van der Waals surface area contributed by atoms with Crippen molar-refractivity contribution in [2.45, 2.75) is 6.29 Å². The predicted molar refractivity (Wildman–Crippen MR) is 16.8 cm³/mol. The van der Waals surface area contributed by atoms with Crippen LogP contribution in [0.3, 0.4) is 0 Å². The Labute approximate surface area is 48.3 Å². The third kappa shape index (κ3) is 1.59. The monoisotopic (exact) mass is 138 g/mol. The van der Waals surface area contributed by atoms with Gasteiger partial charge in [-0.15, -0.1) is 0 Å². The molecule has 52 valence electrons. The zero-order valence-corrected chi connectivity index (χ0v) is 3.97. The molecule has 9 heavy (non-hydrogen) atoms. The van der Waals surface area contributed by atoms with Crippen molar-refractivity contribution in [2.24, 2.45) is 0 Å². The molecular formula is C2H2O7. The maximum atomic E-state index is 9.89. The first-order chi connectivity index (χ1) is 4.30. The second-order valence-electron chi connectivity index (χ2n) is 1.07. The highest BCUT2D eigenvalue weighted by Crippen LogP contribution is 2.04. The number of carbonyl (C=O) groups is 1. The van der Waals surface area contributed by atoms with Gasteiger partial charge in [-0.3, -0.25) is 0 Å². The van der Waals surface area contributed by atoms with E-state index in [0.717, 1.165) is 0 Å². The van der Waals surface area contributed by atoms with Gasteiger partial charge in [0.15, 0.2) is 0 Å². The summed E-state index contributed by atoms with van der Waals surface area (Å²) >= 11 is 0. The molecule has 0 aromatic heterocycles. The normalized spacial score (nSPS) is 21.8. The number of aliphatic carboxylic acids is 1. The van der Waals surface area contributed by atoms with Gasteiger partial charge in [0.2, 0.25) is 0 Å². The van der Waals surface area contributed by atoms with Crippen LogP contribution in [-0.2, 0) is 29.7 Å². The summed E-state index contributed by atoms with van der Waals surface area (Å²) in [5.41, 5.74) is 0. The van der Waals surface area contributed by atoms with Crippen LogP contribution in [0.2, 0.25) is 0 Å². The molecular weight excluding hydrogens is 136 g/mol. The summed E-state index contributed by atoms with van der Waals surface area (Å²) in [5.74, 6) is -1.38.